The average molecular weight is 453 g/mol. The Bertz CT molecular complexity index is 1660. The van der Waals surface area contributed by atoms with Crippen molar-refractivity contribution in [2.75, 3.05) is 0 Å². The van der Waals surface area contributed by atoms with Gasteiger partial charge in [0.25, 0.3) is 0 Å². The van der Waals surface area contributed by atoms with Crippen molar-refractivity contribution in [1.29, 1.82) is 0 Å². The van der Waals surface area contributed by atoms with E-state index in [1.807, 2.05) is 0 Å². The van der Waals surface area contributed by atoms with Crippen LogP contribution in [-0.2, 0) is 17.5 Å². The Morgan fingerprint density at radius 3 is 2.26 bits per heavy atom. The zero-order valence-corrected chi connectivity index (χ0v) is 19.9. The lowest BCUT2D eigenvalue weighted by Gasteiger charge is -2.42. The SMILES string of the molecule is CC12C=CC=CC1C(c1ccccc1)(c1ccc3c4ccccc4n(CN)c3c1)c1ccccc12. The Morgan fingerprint density at radius 2 is 1.43 bits per heavy atom. The van der Waals surface area contributed by atoms with E-state index in [0.717, 1.165) is 0 Å². The molecule has 3 atom stereocenters. The standard InChI is InChI=1S/C33H28N2/c1-32-20-10-9-17-31(32)33(23-11-3-2-4-12-23,28-15-7-6-14-27(28)32)24-18-19-26-25-13-5-8-16-29(25)35(22-34)30(26)21-24/h2-21,31H,22,34H2,1H3. The molecule has 7 rings (SSSR count). The molecule has 2 aliphatic rings. The topological polar surface area (TPSA) is 30.9 Å². The Balaban J connectivity index is 1.63. The number of aromatic nitrogens is 1. The maximum absolute atomic E-state index is 6.32. The molecule has 0 fully saturated rings. The predicted molar refractivity (Wildman–Crippen MR) is 146 cm³/mol. The molecule has 2 aliphatic carbocycles. The summed E-state index contributed by atoms with van der Waals surface area (Å²) in [7, 11) is 0. The van der Waals surface area contributed by atoms with Gasteiger partial charge in [0, 0.05) is 22.1 Å². The summed E-state index contributed by atoms with van der Waals surface area (Å²) in [5, 5.41) is 2.51. The van der Waals surface area contributed by atoms with Gasteiger partial charge in [-0.1, -0.05) is 116 Å². The molecular weight excluding hydrogens is 424 g/mol. The number of nitrogens with two attached hydrogens (primary N) is 1. The predicted octanol–water partition coefficient (Wildman–Crippen LogP) is 7.06. The Kier molecular flexibility index (Phi) is 4.28. The number of rotatable bonds is 3. The van der Waals surface area contributed by atoms with E-state index in [1.54, 1.807) is 0 Å². The van der Waals surface area contributed by atoms with Gasteiger partial charge in [0.1, 0.15) is 0 Å². The van der Waals surface area contributed by atoms with Crippen LogP contribution in [-0.4, -0.2) is 4.57 Å². The third-order valence-corrected chi connectivity index (χ3v) is 8.54. The summed E-state index contributed by atoms with van der Waals surface area (Å²) in [6.07, 6.45) is 9.27. The minimum absolute atomic E-state index is 0.0866. The zero-order valence-electron chi connectivity index (χ0n) is 19.9. The molecule has 3 unspecified atom stereocenters. The molecule has 2 heteroatoms. The van der Waals surface area contributed by atoms with Crippen molar-refractivity contribution >= 4 is 21.8 Å². The monoisotopic (exact) mass is 452 g/mol. The first-order valence-electron chi connectivity index (χ1n) is 12.4. The first kappa shape index (κ1) is 20.5. The van der Waals surface area contributed by atoms with Gasteiger partial charge in [-0.05, 0) is 34.4 Å². The summed E-state index contributed by atoms with van der Waals surface area (Å²) in [4.78, 5) is 0. The van der Waals surface area contributed by atoms with Gasteiger partial charge in [-0.2, -0.15) is 0 Å². The number of hydrogen-bond acceptors (Lipinski definition) is 1. The molecule has 1 heterocycles. The van der Waals surface area contributed by atoms with Crippen molar-refractivity contribution < 1.29 is 0 Å². The van der Waals surface area contributed by atoms with Crippen LogP contribution in [0.15, 0.2) is 121 Å². The van der Waals surface area contributed by atoms with E-state index >= 15 is 0 Å². The number of fused-ring (bicyclic) bond motifs is 6. The number of benzene rings is 4. The lowest BCUT2D eigenvalue weighted by Crippen LogP contribution is -2.40. The molecule has 0 spiro atoms. The molecule has 0 aliphatic heterocycles. The van der Waals surface area contributed by atoms with Crippen LogP contribution in [0.25, 0.3) is 21.8 Å². The van der Waals surface area contributed by atoms with Crippen LogP contribution in [0.1, 0.15) is 29.2 Å². The molecule has 2 nitrogen and oxygen atoms in total. The van der Waals surface area contributed by atoms with Crippen molar-refractivity contribution in [3.05, 3.63) is 144 Å². The molecule has 170 valence electrons. The quantitative estimate of drug-likeness (QED) is 0.312. The van der Waals surface area contributed by atoms with E-state index in [-0.39, 0.29) is 16.7 Å². The van der Waals surface area contributed by atoms with Crippen molar-refractivity contribution in [2.24, 2.45) is 11.7 Å². The highest BCUT2D eigenvalue weighted by Crippen LogP contribution is 2.62. The van der Waals surface area contributed by atoms with Crippen molar-refractivity contribution in [3.8, 4) is 0 Å². The summed E-state index contributed by atoms with van der Waals surface area (Å²) in [6.45, 7) is 2.85. The molecule has 2 N–H and O–H groups in total. The highest BCUT2D eigenvalue weighted by Gasteiger charge is 2.58. The van der Waals surface area contributed by atoms with Gasteiger partial charge in [-0.25, -0.2) is 0 Å². The molecule has 4 aromatic carbocycles. The molecule has 0 bridgehead atoms. The summed E-state index contributed by atoms with van der Waals surface area (Å²) < 4.78 is 2.25. The van der Waals surface area contributed by atoms with Gasteiger partial charge in [0.2, 0.25) is 0 Å². The van der Waals surface area contributed by atoms with Gasteiger partial charge in [0.15, 0.2) is 0 Å². The van der Waals surface area contributed by atoms with Crippen molar-refractivity contribution in [1.82, 2.24) is 4.57 Å². The van der Waals surface area contributed by atoms with Crippen LogP contribution < -0.4 is 5.73 Å². The fraction of sp³-hybridized carbons (Fsp3) is 0.152. The van der Waals surface area contributed by atoms with Crippen molar-refractivity contribution in [2.45, 2.75) is 24.4 Å². The molecule has 0 saturated carbocycles. The number of nitrogens with zero attached hydrogens (tertiary/aromatic N) is 1. The molecule has 5 aromatic rings. The van der Waals surface area contributed by atoms with Crippen molar-refractivity contribution in [3.63, 3.8) is 0 Å². The van der Waals surface area contributed by atoms with Crippen LogP contribution >= 0.6 is 0 Å². The lowest BCUT2D eigenvalue weighted by atomic mass is 9.60. The molecule has 0 amide bonds. The first-order chi connectivity index (χ1) is 17.2. The summed E-state index contributed by atoms with van der Waals surface area (Å²) in [5.41, 5.74) is 13.8. The first-order valence-corrected chi connectivity index (χ1v) is 12.4. The fourth-order valence-corrected chi connectivity index (χ4v) is 7.08. The third kappa shape index (κ3) is 2.53. The second kappa shape index (κ2) is 7.31. The second-order valence-electron chi connectivity index (χ2n) is 10.1. The van der Waals surface area contributed by atoms with E-state index < -0.39 is 0 Å². The van der Waals surface area contributed by atoms with Gasteiger partial charge in [0.05, 0.1) is 23.1 Å². The fourth-order valence-electron chi connectivity index (χ4n) is 7.08. The number of hydrogen-bond donors (Lipinski definition) is 1. The van der Waals surface area contributed by atoms with E-state index in [1.165, 1.54) is 44.1 Å². The normalized spacial score (nSPS) is 24.7. The average Bonchev–Trinajstić information content (AvgIpc) is 3.36. The number of para-hydroxylation sites is 1. The molecule has 35 heavy (non-hydrogen) atoms. The van der Waals surface area contributed by atoms with Gasteiger partial charge in [-0.3, -0.25) is 0 Å². The van der Waals surface area contributed by atoms with Crippen LogP contribution in [0.2, 0.25) is 0 Å². The smallest absolute Gasteiger partial charge is 0.0707 e. The van der Waals surface area contributed by atoms with Gasteiger partial charge in [-0.15, -0.1) is 0 Å². The van der Waals surface area contributed by atoms with Gasteiger partial charge < -0.3 is 10.3 Å². The number of allylic oxidation sites excluding steroid dienone is 4. The van der Waals surface area contributed by atoms with Crippen LogP contribution in [0.3, 0.4) is 0 Å². The van der Waals surface area contributed by atoms with Crippen LogP contribution in [0, 0.1) is 5.92 Å². The Hall–Kier alpha value is -3.88. The van der Waals surface area contributed by atoms with Gasteiger partial charge >= 0.3 is 0 Å². The summed E-state index contributed by atoms with van der Waals surface area (Å²) >= 11 is 0. The largest absolute Gasteiger partial charge is 0.327 e. The van der Waals surface area contributed by atoms with E-state index in [0.29, 0.717) is 6.67 Å². The summed E-state index contributed by atoms with van der Waals surface area (Å²) in [5.74, 6) is 0.257. The maximum Gasteiger partial charge on any atom is 0.0707 e. The Labute approximate surface area is 206 Å². The minimum Gasteiger partial charge on any atom is -0.327 e. The van der Waals surface area contributed by atoms with Crippen LogP contribution in [0.4, 0.5) is 0 Å². The highest BCUT2D eigenvalue weighted by molar-refractivity contribution is 6.08. The lowest BCUT2D eigenvalue weighted by molar-refractivity contribution is 0.367. The third-order valence-electron chi connectivity index (χ3n) is 8.54. The summed E-state index contributed by atoms with van der Waals surface area (Å²) in [6, 6.07) is 35.8. The maximum atomic E-state index is 6.32. The van der Waals surface area contributed by atoms with E-state index in [4.69, 9.17) is 5.73 Å². The molecular formula is C33H28N2. The molecule has 0 radical (unpaired) electrons. The van der Waals surface area contributed by atoms with E-state index in [9.17, 15) is 0 Å². The Morgan fingerprint density at radius 1 is 0.714 bits per heavy atom. The second-order valence-corrected chi connectivity index (χ2v) is 10.1. The molecule has 1 aromatic heterocycles. The van der Waals surface area contributed by atoms with E-state index in [2.05, 4.69) is 133 Å². The minimum atomic E-state index is -0.308. The zero-order chi connectivity index (χ0) is 23.6. The van der Waals surface area contributed by atoms with Crippen LogP contribution in [0.5, 0.6) is 0 Å². The highest BCUT2D eigenvalue weighted by atomic mass is 15.0. The molecule has 0 saturated heterocycles.